The number of nitrogens with one attached hydrogen (secondary N) is 1. The van der Waals surface area contributed by atoms with Crippen LogP contribution in [-0.2, 0) is 29.0 Å². The van der Waals surface area contributed by atoms with Crippen molar-refractivity contribution in [1.82, 2.24) is 4.57 Å². The Kier molecular flexibility index (Phi) is 4.22. The molecule has 3 aromatic rings. The Balaban J connectivity index is 1.70. The third-order valence-electron chi connectivity index (χ3n) is 5.55. The first-order valence-electron chi connectivity index (χ1n) is 9.15. The predicted molar refractivity (Wildman–Crippen MR) is 105 cm³/mol. The van der Waals surface area contributed by atoms with Gasteiger partial charge in [0, 0.05) is 22.3 Å². The molecule has 0 fully saturated rings. The van der Waals surface area contributed by atoms with Crippen LogP contribution in [0, 0.1) is 5.41 Å². The number of aliphatic carboxylic acids is 1. The zero-order valence-electron chi connectivity index (χ0n) is 15.2. The van der Waals surface area contributed by atoms with E-state index in [2.05, 4.69) is 5.32 Å². The summed E-state index contributed by atoms with van der Waals surface area (Å²) in [4.78, 5) is 24.4. The molecule has 0 radical (unpaired) electrons. The van der Waals surface area contributed by atoms with E-state index >= 15 is 0 Å². The molecule has 27 heavy (non-hydrogen) atoms. The van der Waals surface area contributed by atoms with E-state index in [9.17, 15) is 14.7 Å². The van der Waals surface area contributed by atoms with Crippen LogP contribution in [0.1, 0.15) is 24.6 Å². The van der Waals surface area contributed by atoms with Crippen LogP contribution in [-0.4, -0.2) is 21.6 Å². The average Bonchev–Trinajstić information content (AvgIpc) is 2.95. The van der Waals surface area contributed by atoms with E-state index in [1.54, 1.807) is 0 Å². The van der Waals surface area contributed by atoms with Gasteiger partial charge in [-0.1, -0.05) is 43.3 Å². The van der Waals surface area contributed by atoms with E-state index in [0.29, 0.717) is 19.3 Å². The number of carboxylic acid groups (broad SMARTS) is 1. The Morgan fingerprint density at radius 1 is 1.11 bits per heavy atom. The SMILES string of the molecule is CC1(C(=O)Nc2ccccc2)CCc2c(c3ccccc3n2CC(=O)O)C1. The topological polar surface area (TPSA) is 71.3 Å². The fourth-order valence-electron chi connectivity index (χ4n) is 4.10. The number of carbonyl (C=O) groups excluding carboxylic acids is 1. The van der Waals surface area contributed by atoms with Gasteiger partial charge in [-0.15, -0.1) is 0 Å². The van der Waals surface area contributed by atoms with Crippen molar-refractivity contribution in [3.05, 3.63) is 65.9 Å². The quantitative estimate of drug-likeness (QED) is 0.740. The summed E-state index contributed by atoms with van der Waals surface area (Å²) in [5, 5.41) is 13.4. The monoisotopic (exact) mass is 362 g/mol. The lowest BCUT2D eigenvalue weighted by molar-refractivity contribution is -0.137. The molecule has 0 saturated carbocycles. The summed E-state index contributed by atoms with van der Waals surface area (Å²) in [5.74, 6) is -0.844. The molecule has 138 valence electrons. The van der Waals surface area contributed by atoms with Crippen molar-refractivity contribution in [1.29, 1.82) is 0 Å². The largest absolute Gasteiger partial charge is 0.480 e. The smallest absolute Gasteiger partial charge is 0.323 e. The highest BCUT2D eigenvalue weighted by Gasteiger charge is 2.39. The van der Waals surface area contributed by atoms with E-state index in [4.69, 9.17) is 0 Å². The molecule has 5 heteroatoms. The highest BCUT2D eigenvalue weighted by Crippen LogP contribution is 2.41. The van der Waals surface area contributed by atoms with Crippen LogP contribution in [0.3, 0.4) is 0 Å². The molecule has 5 nitrogen and oxygen atoms in total. The number of hydrogen-bond donors (Lipinski definition) is 2. The second kappa shape index (κ2) is 6.58. The number of amides is 1. The molecule has 1 amide bonds. The Morgan fingerprint density at radius 3 is 2.56 bits per heavy atom. The first-order valence-corrected chi connectivity index (χ1v) is 9.15. The number of anilines is 1. The van der Waals surface area contributed by atoms with Crippen LogP contribution in [0.15, 0.2) is 54.6 Å². The Hall–Kier alpha value is -3.08. The summed E-state index contributed by atoms with van der Waals surface area (Å²) in [5.41, 5.74) is 3.34. The predicted octanol–water partition coefficient (Wildman–Crippen LogP) is 3.86. The third kappa shape index (κ3) is 3.10. The van der Waals surface area contributed by atoms with Gasteiger partial charge in [0.15, 0.2) is 0 Å². The minimum absolute atomic E-state index is 0.00872. The van der Waals surface area contributed by atoms with Gasteiger partial charge >= 0.3 is 5.97 Å². The van der Waals surface area contributed by atoms with Gasteiger partial charge in [-0.05, 0) is 43.0 Å². The van der Waals surface area contributed by atoms with Crippen molar-refractivity contribution in [3.63, 3.8) is 0 Å². The molecule has 0 bridgehead atoms. The summed E-state index contributed by atoms with van der Waals surface area (Å²) >= 11 is 0. The lowest BCUT2D eigenvalue weighted by atomic mass is 9.73. The molecule has 1 heterocycles. The molecule has 1 aliphatic carbocycles. The zero-order valence-corrected chi connectivity index (χ0v) is 15.2. The average molecular weight is 362 g/mol. The molecule has 0 aliphatic heterocycles. The summed E-state index contributed by atoms with van der Waals surface area (Å²) in [6.07, 6.45) is 1.98. The fraction of sp³-hybridized carbons (Fsp3) is 0.273. The van der Waals surface area contributed by atoms with E-state index < -0.39 is 11.4 Å². The number of fused-ring (bicyclic) bond motifs is 3. The van der Waals surface area contributed by atoms with Crippen molar-refractivity contribution in [2.24, 2.45) is 5.41 Å². The van der Waals surface area contributed by atoms with Crippen LogP contribution in [0.25, 0.3) is 10.9 Å². The van der Waals surface area contributed by atoms with Crippen molar-refractivity contribution in [2.75, 3.05) is 5.32 Å². The maximum absolute atomic E-state index is 13.0. The highest BCUT2D eigenvalue weighted by molar-refractivity contribution is 5.96. The molecule has 1 aromatic heterocycles. The van der Waals surface area contributed by atoms with Gasteiger partial charge in [0.1, 0.15) is 6.54 Å². The van der Waals surface area contributed by atoms with Crippen LogP contribution in [0.4, 0.5) is 5.69 Å². The van der Waals surface area contributed by atoms with Crippen molar-refractivity contribution >= 4 is 28.5 Å². The van der Waals surface area contributed by atoms with Crippen LogP contribution in [0.5, 0.6) is 0 Å². The van der Waals surface area contributed by atoms with Gasteiger partial charge < -0.3 is 15.0 Å². The molecular formula is C22H22N2O3. The summed E-state index contributed by atoms with van der Waals surface area (Å²) in [6.45, 7) is 1.94. The van der Waals surface area contributed by atoms with Gasteiger partial charge in [0.05, 0.1) is 5.41 Å². The summed E-state index contributed by atoms with van der Waals surface area (Å²) in [6, 6.07) is 17.3. The van der Waals surface area contributed by atoms with Crippen molar-refractivity contribution in [3.8, 4) is 0 Å². The van der Waals surface area contributed by atoms with Gasteiger partial charge in [0.25, 0.3) is 0 Å². The Morgan fingerprint density at radius 2 is 1.81 bits per heavy atom. The van der Waals surface area contributed by atoms with E-state index in [-0.39, 0.29) is 12.5 Å². The standard InChI is InChI=1S/C22H22N2O3/c1-22(21(27)23-15-7-3-2-4-8-15)12-11-19-17(13-22)16-9-5-6-10-18(16)24(19)14-20(25)26/h2-10H,11-14H2,1H3,(H,23,27)(H,25,26). The van der Waals surface area contributed by atoms with E-state index in [0.717, 1.165) is 27.8 Å². The molecule has 0 saturated heterocycles. The van der Waals surface area contributed by atoms with Crippen LogP contribution in [0.2, 0.25) is 0 Å². The molecule has 1 atom stereocenters. The van der Waals surface area contributed by atoms with E-state index in [1.165, 1.54) is 0 Å². The molecule has 1 aliphatic rings. The maximum Gasteiger partial charge on any atom is 0.323 e. The molecule has 2 aromatic carbocycles. The number of nitrogens with zero attached hydrogens (tertiary/aromatic N) is 1. The first kappa shape index (κ1) is 17.3. The summed E-state index contributed by atoms with van der Waals surface area (Å²) in [7, 11) is 0. The molecule has 2 N–H and O–H groups in total. The normalized spacial score (nSPS) is 18.9. The van der Waals surface area contributed by atoms with Gasteiger partial charge in [-0.2, -0.15) is 0 Å². The van der Waals surface area contributed by atoms with Crippen LogP contribution >= 0.6 is 0 Å². The van der Waals surface area contributed by atoms with Gasteiger partial charge in [-0.25, -0.2) is 0 Å². The summed E-state index contributed by atoms with van der Waals surface area (Å²) < 4.78 is 1.89. The fourth-order valence-corrected chi connectivity index (χ4v) is 4.10. The number of para-hydroxylation sites is 2. The minimum Gasteiger partial charge on any atom is -0.480 e. The van der Waals surface area contributed by atoms with Gasteiger partial charge in [-0.3, -0.25) is 9.59 Å². The zero-order chi connectivity index (χ0) is 19.0. The third-order valence-corrected chi connectivity index (χ3v) is 5.55. The second-order valence-electron chi connectivity index (χ2n) is 7.48. The number of hydrogen-bond acceptors (Lipinski definition) is 2. The Labute approximate surface area is 157 Å². The molecule has 0 spiro atoms. The lowest BCUT2D eigenvalue weighted by Gasteiger charge is -2.33. The maximum atomic E-state index is 13.0. The first-order chi connectivity index (χ1) is 13.0. The number of benzene rings is 2. The number of carboxylic acids is 1. The highest BCUT2D eigenvalue weighted by atomic mass is 16.4. The molecule has 1 unspecified atom stereocenters. The molecule has 4 rings (SSSR count). The van der Waals surface area contributed by atoms with Gasteiger partial charge in [0.2, 0.25) is 5.91 Å². The van der Waals surface area contributed by atoms with E-state index in [1.807, 2.05) is 66.1 Å². The molecular weight excluding hydrogens is 340 g/mol. The Bertz CT molecular complexity index is 1020. The minimum atomic E-state index is -0.853. The number of carbonyl (C=O) groups is 2. The second-order valence-corrected chi connectivity index (χ2v) is 7.48. The lowest BCUT2D eigenvalue weighted by Crippen LogP contribution is -2.38. The number of aromatic nitrogens is 1. The van der Waals surface area contributed by atoms with Crippen molar-refractivity contribution < 1.29 is 14.7 Å². The van der Waals surface area contributed by atoms with Crippen molar-refractivity contribution in [2.45, 2.75) is 32.7 Å². The van der Waals surface area contributed by atoms with Crippen LogP contribution < -0.4 is 5.32 Å². The number of rotatable bonds is 4.